The standard InChI is InChI=1S/C21H23N5O2S/c1-14-20(29-16(3)22-14)21(27)26-11-9-25(10-12-26)18-13-19(24-15(2)23-18)28-17-7-5-4-6-8-17/h4-8,13H,9-12H2,1-3H3. The van der Waals surface area contributed by atoms with Gasteiger partial charge < -0.3 is 14.5 Å². The third-order valence-corrected chi connectivity index (χ3v) is 5.82. The number of aryl methyl sites for hydroxylation is 3. The van der Waals surface area contributed by atoms with Gasteiger partial charge in [-0.25, -0.2) is 9.97 Å². The summed E-state index contributed by atoms with van der Waals surface area (Å²) < 4.78 is 5.88. The first-order valence-corrected chi connectivity index (χ1v) is 10.4. The number of nitrogens with zero attached hydrogens (tertiary/aromatic N) is 5. The summed E-state index contributed by atoms with van der Waals surface area (Å²) in [6.45, 7) is 8.40. The van der Waals surface area contributed by atoms with Crippen LogP contribution in [0.1, 0.15) is 26.2 Å². The molecule has 1 aromatic carbocycles. The number of benzene rings is 1. The summed E-state index contributed by atoms with van der Waals surface area (Å²) in [6.07, 6.45) is 0. The molecule has 1 fully saturated rings. The van der Waals surface area contributed by atoms with Crippen molar-refractivity contribution in [3.8, 4) is 11.6 Å². The van der Waals surface area contributed by atoms with Crippen molar-refractivity contribution in [3.05, 3.63) is 57.8 Å². The second kappa shape index (κ2) is 8.16. The van der Waals surface area contributed by atoms with Crippen molar-refractivity contribution in [3.63, 3.8) is 0 Å². The lowest BCUT2D eigenvalue weighted by Crippen LogP contribution is -2.49. The molecule has 0 radical (unpaired) electrons. The van der Waals surface area contributed by atoms with Gasteiger partial charge in [-0.3, -0.25) is 4.79 Å². The quantitative estimate of drug-likeness (QED) is 0.656. The number of amides is 1. The van der Waals surface area contributed by atoms with Crippen molar-refractivity contribution in [1.29, 1.82) is 0 Å². The summed E-state index contributed by atoms with van der Waals surface area (Å²) in [4.78, 5) is 31.0. The Kier molecular flexibility index (Phi) is 5.44. The van der Waals surface area contributed by atoms with Crippen molar-refractivity contribution >= 4 is 23.1 Å². The van der Waals surface area contributed by atoms with Gasteiger partial charge in [0, 0.05) is 32.2 Å². The van der Waals surface area contributed by atoms with E-state index in [0.29, 0.717) is 37.9 Å². The summed E-state index contributed by atoms with van der Waals surface area (Å²) >= 11 is 1.47. The van der Waals surface area contributed by atoms with Crippen molar-refractivity contribution in [1.82, 2.24) is 19.9 Å². The number of piperazine rings is 1. The number of hydrogen-bond acceptors (Lipinski definition) is 7. The van der Waals surface area contributed by atoms with Crippen LogP contribution >= 0.6 is 11.3 Å². The van der Waals surface area contributed by atoms with Crippen LogP contribution in [0.5, 0.6) is 11.6 Å². The zero-order valence-corrected chi connectivity index (χ0v) is 17.6. The van der Waals surface area contributed by atoms with E-state index in [4.69, 9.17) is 4.74 Å². The highest BCUT2D eigenvalue weighted by atomic mass is 32.1. The van der Waals surface area contributed by atoms with E-state index in [1.54, 1.807) is 0 Å². The minimum atomic E-state index is 0.0692. The van der Waals surface area contributed by atoms with Crippen LogP contribution in [0.3, 0.4) is 0 Å². The smallest absolute Gasteiger partial charge is 0.265 e. The second-order valence-electron chi connectivity index (χ2n) is 6.95. The van der Waals surface area contributed by atoms with E-state index in [9.17, 15) is 4.79 Å². The van der Waals surface area contributed by atoms with Crippen LogP contribution in [0.4, 0.5) is 5.82 Å². The summed E-state index contributed by atoms with van der Waals surface area (Å²) in [6, 6.07) is 11.4. The van der Waals surface area contributed by atoms with Crippen molar-refractivity contribution in [2.75, 3.05) is 31.1 Å². The molecule has 1 aliphatic heterocycles. The molecule has 3 heterocycles. The highest BCUT2D eigenvalue weighted by Crippen LogP contribution is 2.25. The SMILES string of the molecule is Cc1nc(Oc2ccccc2)cc(N2CCN(C(=O)c3sc(C)nc3C)CC2)n1. The number of hydrogen-bond donors (Lipinski definition) is 0. The van der Waals surface area contributed by atoms with E-state index in [-0.39, 0.29) is 5.91 Å². The van der Waals surface area contributed by atoms with Gasteiger partial charge in [-0.05, 0) is 32.9 Å². The number of thiazole rings is 1. The number of para-hydroxylation sites is 1. The molecule has 29 heavy (non-hydrogen) atoms. The average Bonchev–Trinajstić information content (AvgIpc) is 3.06. The van der Waals surface area contributed by atoms with Crippen molar-refractivity contribution < 1.29 is 9.53 Å². The fraction of sp³-hybridized carbons (Fsp3) is 0.333. The molecule has 0 atom stereocenters. The Hall–Kier alpha value is -3.00. The zero-order chi connectivity index (χ0) is 20.4. The molecular formula is C21H23N5O2S. The lowest BCUT2D eigenvalue weighted by molar-refractivity contribution is 0.0750. The van der Waals surface area contributed by atoms with Crippen LogP contribution in [-0.2, 0) is 0 Å². The first kappa shape index (κ1) is 19.3. The van der Waals surface area contributed by atoms with Crippen LogP contribution in [0.15, 0.2) is 36.4 Å². The van der Waals surface area contributed by atoms with E-state index in [2.05, 4.69) is 19.9 Å². The molecule has 0 spiro atoms. The maximum Gasteiger partial charge on any atom is 0.265 e. The first-order chi connectivity index (χ1) is 14.0. The Morgan fingerprint density at radius 3 is 2.38 bits per heavy atom. The third-order valence-electron chi connectivity index (χ3n) is 4.76. The summed E-state index contributed by atoms with van der Waals surface area (Å²) in [5.41, 5.74) is 0.814. The van der Waals surface area contributed by atoms with Gasteiger partial charge in [0.2, 0.25) is 5.88 Å². The molecule has 3 aromatic rings. The Morgan fingerprint density at radius 2 is 1.72 bits per heavy atom. The Bertz CT molecular complexity index is 1010. The van der Waals surface area contributed by atoms with E-state index in [0.717, 1.165) is 27.1 Å². The van der Waals surface area contributed by atoms with Crippen LogP contribution in [0, 0.1) is 20.8 Å². The molecule has 1 aliphatic rings. The normalized spacial score (nSPS) is 14.2. The Labute approximate surface area is 174 Å². The molecule has 1 saturated heterocycles. The van der Waals surface area contributed by atoms with Crippen LogP contribution < -0.4 is 9.64 Å². The third kappa shape index (κ3) is 4.37. The minimum Gasteiger partial charge on any atom is -0.439 e. The number of carbonyl (C=O) groups excluding carboxylic acids is 1. The number of carbonyl (C=O) groups is 1. The fourth-order valence-corrected chi connectivity index (χ4v) is 4.25. The molecule has 7 nitrogen and oxygen atoms in total. The van der Waals surface area contributed by atoms with Gasteiger partial charge in [-0.2, -0.15) is 4.98 Å². The lowest BCUT2D eigenvalue weighted by Gasteiger charge is -2.35. The van der Waals surface area contributed by atoms with Gasteiger partial charge >= 0.3 is 0 Å². The van der Waals surface area contributed by atoms with Crippen molar-refractivity contribution in [2.24, 2.45) is 0 Å². The molecule has 0 saturated carbocycles. The molecule has 0 N–H and O–H groups in total. The Morgan fingerprint density at radius 1 is 1.00 bits per heavy atom. The lowest BCUT2D eigenvalue weighted by atomic mass is 10.2. The summed E-state index contributed by atoms with van der Waals surface area (Å²) in [7, 11) is 0. The van der Waals surface area contributed by atoms with Crippen LogP contribution in [-0.4, -0.2) is 51.9 Å². The van der Waals surface area contributed by atoms with Gasteiger partial charge in [0.25, 0.3) is 5.91 Å². The first-order valence-electron chi connectivity index (χ1n) is 9.56. The molecule has 8 heteroatoms. The fourth-order valence-electron chi connectivity index (χ4n) is 3.36. The van der Waals surface area contributed by atoms with Gasteiger partial charge in [0.1, 0.15) is 22.3 Å². The van der Waals surface area contributed by atoms with Gasteiger partial charge in [0.15, 0.2) is 0 Å². The highest BCUT2D eigenvalue weighted by molar-refractivity contribution is 7.13. The van der Waals surface area contributed by atoms with Gasteiger partial charge in [-0.1, -0.05) is 18.2 Å². The van der Waals surface area contributed by atoms with E-state index < -0.39 is 0 Å². The number of aromatic nitrogens is 3. The van der Waals surface area contributed by atoms with Crippen LogP contribution in [0.2, 0.25) is 0 Å². The average molecular weight is 410 g/mol. The van der Waals surface area contributed by atoms with Crippen LogP contribution in [0.25, 0.3) is 0 Å². The summed E-state index contributed by atoms with van der Waals surface area (Å²) in [5.74, 6) is 2.80. The zero-order valence-electron chi connectivity index (χ0n) is 16.8. The van der Waals surface area contributed by atoms with Crippen molar-refractivity contribution in [2.45, 2.75) is 20.8 Å². The molecule has 4 rings (SSSR count). The molecular weight excluding hydrogens is 386 g/mol. The Balaban J connectivity index is 1.44. The molecule has 150 valence electrons. The van der Waals surface area contributed by atoms with E-state index in [1.807, 2.05) is 62.1 Å². The summed E-state index contributed by atoms with van der Waals surface area (Å²) in [5, 5.41) is 0.923. The molecule has 0 bridgehead atoms. The van der Waals surface area contributed by atoms with E-state index >= 15 is 0 Å². The predicted molar refractivity (Wildman–Crippen MR) is 113 cm³/mol. The molecule has 2 aromatic heterocycles. The number of ether oxygens (including phenoxy) is 1. The van der Waals surface area contributed by atoms with Gasteiger partial charge in [0.05, 0.1) is 10.7 Å². The maximum absolute atomic E-state index is 12.8. The molecule has 0 unspecified atom stereocenters. The predicted octanol–water partition coefficient (Wildman–Crippen LogP) is 3.61. The largest absolute Gasteiger partial charge is 0.439 e. The monoisotopic (exact) mass is 409 g/mol. The highest BCUT2D eigenvalue weighted by Gasteiger charge is 2.26. The van der Waals surface area contributed by atoms with E-state index in [1.165, 1.54) is 11.3 Å². The number of anilines is 1. The molecule has 0 aliphatic carbocycles. The molecule has 1 amide bonds. The second-order valence-corrected chi connectivity index (χ2v) is 8.16. The maximum atomic E-state index is 12.8. The number of rotatable bonds is 4. The topological polar surface area (TPSA) is 71.5 Å². The minimum absolute atomic E-state index is 0.0692. The van der Waals surface area contributed by atoms with Gasteiger partial charge in [-0.15, -0.1) is 11.3 Å².